The van der Waals surface area contributed by atoms with Crippen molar-refractivity contribution in [2.45, 2.75) is 11.0 Å². The Balaban J connectivity index is 1.88. The first kappa shape index (κ1) is 17.2. The fourth-order valence-electron chi connectivity index (χ4n) is 1.99. The average Bonchev–Trinajstić information content (AvgIpc) is 2.55. The predicted octanol–water partition coefficient (Wildman–Crippen LogP) is -0.0215. The van der Waals surface area contributed by atoms with E-state index in [0.717, 1.165) is 6.54 Å². The van der Waals surface area contributed by atoms with E-state index in [-0.39, 0.29) is 17.5 Å². The normalized spacial score (nSPS) is 19.0. The number of sulfonamides is 1. The molecule has 1 atom stereocenters. The topological polar surface area (TPSA) is 85.9 Å². The van der Waals surface area contributed by atoms with Crippen molar-refractivity contribution >= 4 is 10.0 Å². The van der Waals surface area contributed by atoms with Crippen molar-refractivity contribution in [3.63, 3.8) is 0 Å². The molecular weight excluding hydrogens is 308 g/mol. The lowest BCUT2D eigenvalue weighted by Crippen LogP contribution is -2.45. The summed E-state index contributed by atoms with van der Waals surface area (Å²) >= 11 is 0. The number of hydrogen-bond donors (Lipinski definition) is 2. The van der Waals surface area contributed by atoms with Crippen LogP contribution >= 0.6 is 0 Å². The Hall–Kier alpha value is -1.19. The molecule has 1 aromatic rings. The third-order valence-corrected chi connectivity index (χ3v) is 4.64. The van der Waals surface area contributed by atoms with E-state index in [2.05, 4.69) is 10.0 Å². The first-order valence-corrected chi connectivity index (χ1v) is 8.64. The molecule has 2 rings (SSSR count). The molecule has 0 aliphatic carbocycles. The molecule has 22 heavy (non-hydrogen) atoms. The summed E-state index contributed by atoms with van der Waals surface area (Å²) in [5.74, 6) is 0.607. The Morgan fingerprint density at radius 1 is 1.32 bits per heavy atom. The second kappa shape index (κ2) is 8.44. The zero-order chi connectivity index (χ0) is 15.8. The fraction of sp³-hybridized carbons (Fsp3) is 0.571. The number of ether oxygens (including phenoxy) is 3. The SMILES string of the molecule is COCCOc1ccc(S(=O)(=O)NCC2CNCCO2)cc1. The number of morpholine rings is 1. The van der Waals surface area contributed by atoms with Gasteiger partial charge < -0.3 is 19.5 Å². The summed E-state index contributed by atoms with van der Waals surface area (Å²) in [7, 11) is -1.95. The molecule has 0 radical (unpaired) electrons. The van der Waals surface area contributed by atoms with Gasteiger partial charge in [0.2, 0.25) is 10.0 Å². The minimum Gasteiger partial charge on any atom is -0.491 e. The smallest absolute Gasteiger partial charge is 0.240 e. The maximum atomic E-state index is 12.2. The van der Waals surface area contributed by atoms with Gasteiger partial charge in [-0.2, -0.15) is 0 Å². The molecule has 124 valence electrons. The third kappa shape index (κ3) is 5.22. The highest BCUT2D eigenvalue weighted by atomic mass is 32.2. The summed E-state index contributed by atoms with van der Waals surface area (Å²) in [6.07, 6.45) is -0.139. The Bertz CT molecular complexity index is 541. The summed E-state index contributed by atoms with van der Waals surface area (Å²) in [4.78, 5) is 0.204. The summed E-state index contributed by atoms with van der Waals surface area (Å²) in [6.45, 7) is 3.20. The van der Waals surface area contributed by atoms with Crippen LogP contribution in [0.1, 0.15) is 0 Å². The molecule has 0 bridgehead atoms. The van der Waals surface area contributed by atoms with E-state index in [1.165, 1.54) is 12.1 Å². The van der Waals surface area contributed by atoms with E-state index in [0.29, 0.717) is 32.1 Å². The molecule has 0 aromatic heterocycles. The number of rotatable bonds is 8. The van der Waals surface area contributed by atoms with E-state index in [4.69, 9.17) is 14.2 Å². The first-order chi connectivity index (χ1) is 10.6. The van der Waals surface area contributed by atoms with Gasteiger partial charge in [-0.05, 0) is 24.3 Å². The van der Waals surface area contributed by atoms with Gasteiger partial charge in [0.15, 0.2) is 0 Å². The van der Waals surface area contributed by atoms with E-state index >= 15 is 0 Å². The monoisotopic (exact) mass is 330 g/mol. The zero-order valence-electron chi connectivity index (χ0n) is 12.6. The standard InChI is InChI=1S/C14H22N2O5S/c1-19-8-9-21-12-2-4-14(5-3-12)22(17,18)16-11-13-10-15-6-7-20-13/h2-5,13,15-16H,6-11H2,1H3. The van der Waals surface area contributed by atoms with E-state index < -0.39 is 10.0 Å². The van der Waals surface area contributed by atoms with Gasteiger partial charge >= 0.3 is 0 Å². The molecular formula is C14H22N2O5S. The highest BCUT2D eigenvalue weighted by molar-refractivity contribution is 7.89. The van der Waals surface area contributed by atoms with Crippen LogP contribution in [0.25, 0.3) is 0 Å². The van der Waals surface area contributed by atoms with Gasteiger partial charge in [0.05, 0.1) is 24.2 Å². The molecule has 8 heteroatoms. The largest absolute Gasteiger partial charge is 0.491 e. The van der Waals surface area contributed by atoms with Gasteiger partial charge in [0, 0.05) is 26.7 Å². The van der Waals surface area contributed by atoms with Gasteiger partial charge in [-0.3, -0.25) is 0 Å². The van der Waals surface area contributed by atoms with Crippen LogP contribution in [0.2, 0.25) is 0 Å². The van der Waals surface area contributed by atoms with Crippen LogP contribution in [0.4, 0.5) is 0 Å². The number of benzene rings is 1. The number of methoxy groups -OCH3 is 1. The van der Waals surface area contributed by atoms with Crippen molar-refractivity contribution in [2.24, 2.45) is 0 Å². The minimum absolute atomic E-state index is 0.139. The van der Waals surface area contributed by atoms with Gasteiger partial charge in [-0.25, -0.2) is 13.1 Å². The maximum absolute atomic E-state index is 12.2. The highest BCUT2D eigenvalue weighted by Crippen LogP contribution is 2.16. The Morgan fingerprint density at radius 2 is 2.09 bits per heavy atom. The average molecular weight is 330 g/mol. The predicted molar refractivity (Wildman–Crippen MR) is 81.6 cm³/mol. The van der Waals surface area contributed by atoms with Gasteiger partial charge in [0.1, 0.15) is 12.4 Å². The quantitative estimate of drug-likeness (QED) is 0.652. The van der Waals surface area contributed by atoms with Crippen LogP contribution in [0.3, 0.4) is 0 Å². The van der Waals surface area contributed by atoms with Crippen molar-refractivity contribution in [2.75, 3.05) is 46.6 Å². The Kier molecular flexibility index (Phi) is 6.59. The lowest BCUT2D eigenvalue weighted by atomic mass is 10.3. The van der Waals surface area contributed by atoms with Crippen molar-refractivity contribution in [1.82, 2.24) is 10.0 Å². The molecule has 1 aliphatic heterocycles. The van der Waals surface area contributed by atoms with E-state index in [1.807, 2.05) is 0 Å². The molecule has 2 N–H and O–H groups in total. The number of nitrogens with one attached hydrogen (secondary N) is 2. The summed E-state index contributed by atoms with van der Waals surface area (Å²) < 4.78 is 42.7. The van der Waals surface area contributed by atoms with Crippen molar-refractivity contribution in [3.8, 4) is 5.75 Å². The molecule has 1 saturated heterocycles. The highest BCUT2D eigenvalue weighted by Gasteiger charge is 2.19. The maximum Gasteiger partial charge on any atom is 0.240 e. The minimum atomic E-state index is -3.54. The van der Waals surface area contributed by atoms with Gasteiger partial charge in [-0.15, -0.1) is 0 Å². The zero-order valence-corrected chi connectivity index (χ0v) is 13.4. The van der Waals surface area contributed by atoms with Crippen LogP contribution in [0.15, 0.2) is 29.2 Å². The van der Waals surface area contributed by atoms with Crippen LogP contribution in [0, 0.1) is 0 Å². The summed E-state index contributed by atoms with van der Waals surface area (Å²) in [5.41, 5.74) is 0. The molecule has 0 amide bonds. The van der Waals surface area contributed by atoms with Gasteiger partial charge in [-0.1, -0.05) is 0 Å². The molecule has 1 fully saturated rings. The Morgan fingerprint density at radius 3 is 2.73 bits per heavy atom. The molecule has 1 aliphatic rings. The molecule has 0 spiro atoms. The number of hydrogen-bond acceptors (Lipinski definition) is 6. The molecule has 7 nitrogen and oxygen atoms in total. The van der Waals surface area contributed by atoms with Crippen LogP contribution in [0.5, 0.6) is 5.75 Å². The lowest BCUT2D eigenvalue weighted by molar-refractivity contribution is 0.0324. The molecule has 0 saturated carbocycles. The van der Waals surface area contributed by atoms with Crippen LogP contribution in [-0.2, 0) is 19.5 Å². The Labute approximate surface area is 131 Å². The van der Waals surface area contributed by atoms with Crippen LogP contribution in [-0.4, -0.2) is 61.1 Å². The van der Waals surface area contributed by atoms with Crippen molar-refractivity contribution in [1.29, 1.82) is 0 Å². The first-order valence-electron chi connectivity index (χ1n) is 7.15. The molecule has 1 unspecified atom stereocenters. The third-order valence-electron chi connectivity index (χ3n) is 3.20. The van der Waals surface area contributed by atoms with Crippen molar-refractivity contribution in [3.05, 3.63) is 24.3 Å². The van der Waals surface area contributed by atoms with Gasteiger partial charge in [0.25, 0.3) is 0 Å². The molecule has 1 aromatic carbocycles. The second-order valence-electron chi connectivity index (χ2n) is 4.86. The summed E-state index contributed by atoms with van der Waals surface area (Å²) in [6, 6.07) is 6.29. The van der Waals surface area contributed by atoms with Crippen LogP contribution < -0.4 is 14.8 Å². The second-order valence-corrected chi connectivity index (χ2v) is 6.63. The van der Waals surface area contributed by atoms with E-state index in [1.54, 1.807) is 19.2 Å². The summed E-state index contributed by atoms with van der Waals surface area (Å²) in [5, 5.41) is 3.16. The fourth-order valence-corrected chi connectivity index (χ4v) is 3.06. The molecule has 1 heterocycles. The lowest BCUT2D eigenvalue weighted by Gasteiger charge is -2.23. The van der Waals surface area contributed by atoms with E-state index in [9.17, 15) is 8.42 Å². The van der Waals surface area contributed by atoms with Crippen molar-refractivity contribution < 1.29 is 22.6 Å².